The van der Waals surface area contributed by atoms with Gasteiger partial charge in [0.25, 0.3) is 0 Å². The molecule has 0 aliphatic heterocycles. The Morgan fingerprint density at radius 1 is 1.38 bits per heavy atom. The molecule has 0 aliphatic rings. The number of rotatable bonds is 7. The number of thiophene rings is 1. The average molecular weight is 368 g/mol. The molecule has 1 rings (SSSR count). The van der Waals surface area contributed by atoms with E-state index in [1.807, 2.05) is 11.3 Å². The fourth-order valence-corrected chi connectivity index (χ4v) is 4.47. The predicted octanol–water partition coefficient (Wildman–Crippen LogP) is 6.03. The Labute approximate surface area is 120 Å². The summed E-state index contributed by atoms with van der Waals surface area (Å²) in [6.45, 7) is 4.59. The molecule has 0 aromatic carbocycles. The zero-order chi connectivity index (χ0) is 12.0. The van der Waals surface area contributed by atoms with Crippen molar-refractivity contribution in [3.05, 3.63) is 20.8 Å². The molecule has 1 atom stereocenters. The highest BCUT2D eigenvalue weighted by Gasteiger charge is 2.27. The van der Waals surface area contributed by atoms with Gasteiger partial charge >= 0.3 is 0 Å². The first-order valence-electron chi connectivity index (χ1n) is 5.94. The van der Waals surface area contributed by atoms with Gasteiger partial charge in [0.2, 0.25) is 0 Å². The monoisotopic (exact) mass is 366 g/mol. The third kappa shape index (κ3) is 4.15. The minimum Gasteiger partial charge on any atom is -0.148 e. The van der Waals surface area contributed by atoms with Gasteiger partial charge in [-0.3, -0.25) is 0 Å². The van der Waals surface area contributed by atoms with Gasteiger partial charge in [-0.15, -0.1) is 11.3 Å². The van der Waals surface area contributed by atoms with E-state index in [0.29, 0.717) is 5.41 Å². The highest BCUT2D eigenvalue weighted by atomic mass is 79.9. The summed E-state index contributed by atoms with van der Waals surface area (Å²) in [6.07, 6.45) is 6.44. The lowest BCUT2D eigenvalue weighted by Crippen LogP contribution is -2.24. The first-order chi connectivity index (χ1) is 7.65. The van der Waals surface area contributed by atoms with Crippen LogP contribution in [0.2, 0.25) is 0 Å². The first-order valence-corrected chi connectivity index (χ1v) is 8.74. The molecule has 0 aliphatic carbocycles. The molecular weight excluding hydrogens is 348 g/mol. The van der Waals surface area contributed by atoms with Crippen LogP contribution in [0.1, 0.15) is 44.4 Å². The quantitative estimate of drug-likeness (QED) is 0.515. The Morgan fingerprint density at radius 2 is 2.12 bits per heavy atom. The highest BCUT2D eigenvalue weighted by Crippen LogP contribution is 2.37. The number of hydrogen-bond acceptors (Lipinski definition) is 1. The normalized spacial score (nSPS) is 15.0. The Bertz CT molecular complexity index is 303. The van der Waals surface area contributed by atoms with Crippen molar-refractivity contribution >= 4 is 43.2 Å². The van der Waals surface area contributed by atoms with E-state index < -0.39 is 0 Å². The Balaban J connectivity index is 2.69. The molecule has 92 valence electrons. The van der Waals surface area contributed by atoms with Crippen LogP contribution in [0.5, 0.6) is 0 Å². The lowest BCUT2D eigenvalue weighted by molar-refractivity contribution is 0.286. The van der Waals surface area contributed by atoms with E-state index in [0.717, 1.165) is 5.33 Å². The van der Waals surface area contributed by atoms with Crippen molar-refractivity contribution in [1.29, 1.82) is 0 Å². The molecule has 1 heterocycles. The third-order valence-corrected chi connectivity index (χ3v) is 6.15. The van der Waals surface area contributed by atoms with Crippen molar-refractivity contribution in [3.63, 3.8) is 0 Å². The zero-order valence-corrected chi connectivity index (χ0v) is 14.1. The van der Waals surface area contributed by atoms with Gasteiger partial charge in [-0.05, 0) is 46.7 Å². The molecule has 0 fully saturated rings. The highest BCUT2D eigenvalue weighted by molar-refractivity contribution is 9.10. The third-order valence-electron chi connectivity index (χ3n) is 3.27. The minimum absolute atomic E-state index is 0.459. The lowest BCUT2D eigenvalue weighted by Gasteiger charge is -2.30. The van der Waals surface area contributed by atoms with Crippen molar-refractivity contribution in [1.82, 2.24) is 0 Å². The van der Waals surface area contributed by atoms with E-state index in [-0.39, 0.29) is 0 Å². The SMILES string of the molecule is CCCCC(CC)(CBr)Cc1cc(Br)cs1. The molecule has 1 aromatic rings. The molecule has 0 N–H and O–H groups in total. The fourth-order valence-electron chi connectivity index (χ4n) is 1.97. The van der Waals surface area contributed by atoms with Crippen molar-refractivity contribution in [2.24, 2.45) is 5.41 Å². The van der Waals surface area contributed by atoms with Crippen LogP contribution in [0.15, 0.2) is 15.9 Å². The van der Waals surface area contributed by atoms with Gasteiger partial charge in [0.15, 0.2) is 0 Å². The fraction of sp³-hybridized carbons (Fsp3) is 0.692. The molecular formula is C13H20Br2S. The summed E-state index contributed by atoms with van der Waals surface area (Å²) in [5, 5.41) is 3.30. The van der Waals surface area contributed by atoms with Crippen LogP contribution in [0.3, 0.4) is 0 Å². The topological polar surface area (TPSA) is 0 Å². The van der Waals surface area contributed by atoms with E-state index in [9.17, 15) is 0 Å². The van der Waals surface area contributed by atoms with E-state index in [4.69, 9.17) is 0 Å². The van der Waals surface area contributed by atoms with Crippen LogP contribution >= 0.6 is 43.2 Å². The van der Waals surface area contributed by atoms with Gasteiger partial charge < -0.3 is 0 Å². The van der Waals surface area contributed by atoms with Crippen LogP contribution in [0.4, 0.5) is 0 Å². The van der Waals surface area contributed by atoms with Gasteiger partial charge in [-0.2, -0.15) is 0 Å². The van der Waals surface area contributed by atoms with Crippen LogP contribution in [-0.4, -0.2) is 5.33 Å². The molecule has 0 nitrogen and oxygen atoms in total. The van der Waals surface area contributed by atoms with E-state index >= 15 is 0 Å². The maximum Gasteiger partial charge on any atom is 0.0285 e. The first kappa shape index (κ1) is 14.7. The summed E-state index contributed by atoms with van der Waals surface area (Å²) in [4.78, 5) is 1.50. The molecule has 3 heteroatoms. The second kappa shape index (κ2) is 7.17. The van der Waals surface area contributed by atoms with E-state index in [2.05, 4.69) is 57.2 Å². The maximum absolute atomic E-state index is 3.72. The molecule has 0 saturated carbocycles. The molecule has 0 amide bonds. The summed E-state index contributed by atoms with van der Waals surface area (Å²) < 4.78 is 1.22. The maximum atomic E-state index is 3.72. The van der Waals surface area contributed by atoms with Crippen LogP contribution in [-0.2, 0) is 6.42 Å². The van der Waals surface area contributed by atoms with Crippen molar-refractivity contribution < 1.29 is 0 Å². The number of alkyl halides is 1. The molecule has 0 bridgehead atoms. The number of halogens is 2. The summed E-state index contributed by atoms with van der Waals surface area (Å²) >= 11 is 9.13. The summed E-state index contributed by atoms with van der Waals surface area (Å²) in [7, 11) is 0. The smallest absolute Gasteiger partial charge is 0.0285 e. The van der Waals surface area contributed by atoms with Gasteiger partial charge in [0, 0.05) is 20.1 Å². The minimum atomic E-state index is 0.459. The summed E-state index contributed by atoms with van der Waals surface area (Å²) in [5.41, 5.74) is 0.459. The molecule has 16 heavy (non-hydrogen) atoms. The van der Waals surface area contributed by atoms with Crippen LogP contribution in [0.25, 0.3) is 0 Å². The van der Waals surface area contributed by atoms with Gasteiger partial charge in [0.1, 0.15) is 0 Å². The summed E-state index contributed by atoms with van der Waals surface area (Å²) in [6, 6.07) is 2.27. The van der Waals surface area contributed by atoms with Gasteiger partial charge in [0.05, 0.1) is 0 Å². The number of hydrogen-bond donors (Lipinski definition) is 0. The standard InChI is InChI=1S/C13H20Br2S/c1-3-5-6-13(4-2,10-14)8-12-7-11(15)9-16-12/h7,9H,3-6,8,10H2,1-2H3. The second-order valence-corrected chi connectivity index (χ2v) is 6.97. The van der Waals surface area contributed by atoms with Crippen LogP contribution < -0.4 is 0 Å². The number of unbranched alkanes of at least 4 members (excludes halogenated alkanes) is 1. The zero-order valence-electron chi connectivity index (χ0n) is 10.1. The van der Waals surface area contributed by atoms with Gasteiger partial charge in [-0.1, -0.05) is 42.6 Å². The Hall–Kier alpha value is 0.660. The van der Waals surface area contributed by atoms with Gasteiger partial charge in [-0.25, -0.2) is 0 Å². The molecule has 1 unspecified atom stereocenters. The molecule has 0 radical (unpaired) electrons. The lowest BCUT2D eigenvalue weighted by atomic mass is 9.79. The van der Waals surface area contributed by atoms with E-state index in [1.165, 1.54) is 41.5 Å². The average Bonchev–Trinajstić information content (AvgIpc) is 2.70. The van der Waals surface area contributed by atoms with Crippen molar-refractivity contribution in [2.45, 2.75) is 46.0 Å². The van der Waals surface area contributed by atoms with Crippen LogP contribution in [0, 0.1) is 5.41 Å². The van der Waals surface area contributed by atoms with Crippen molar-refractivity contribution in [2.75, 3.05) is 5.33 Å². The summed E-state index contributed by atoms with van der Waals surface area (Å²) in [5.74, 6) is 0. The molecule has 0 saturated heterocycles. The largest absolute Gasteiger partial charge is 0.148 e. The molecule has 1 aromatic heterocycles. The van der Waals surface area contributed by atoms with E-state index in [1.54, 1.807) is 0 Å². The molecule has 0 spiro atoms. The Morgan fingerprint density at radius 3 is 2.56 bits per heavy atom. The predicted molar refractivity (Wildman–Crippen MR) is 81.8 cm³/mol. The second-order valence-electron chi connectivity index (χ2n) is 4.50. The van der Waals surface area contributed by atoms with Crippen molar-refractivity contribution in [3.8, 4) is 0 Å². The Kier molecular flexibility index (Phi) is 6.60.